The first-order chi connectivity index (χ1) is 7.49. The number of carbonyl (C=O) groups is 1. The van der Waals surface area contributed by atoms with E-state index in [1.165, 1.54) is 0 Å². The van der Waals surface area contributed by atoms with Crippen LogP contribution in [0.1, 0.15) is 19.0 Å². The molecule has 0 fully saturated rings. The number of nitrogens with zero attached hydrogens (tertiary/aromatic N) is 2. The molecule has 1 aromatic rings. The first-order valence-electron chi connectivity index (χ1n) is 5.22. The Bertz CT molecular complexity index is 360. The molecule has 0 spiro atoms. The van der Waals surface area contributed by atoms with Gasteiger partial charge in [0.2, 0.25) is 0 Å². The summed E-state index contributed by atoms with van der Waals surface area (Å²) in [7, 11) is 1.76. The lowest BCUT2D eigenvalue weighted by Gasteiger charge is -2.08. The van der Waals surface area contributed by atoms with Gasteiger partial charge in [-0.05, 0) is 20.3 Å². The minimum Gasteiger partial charge on any atom is -0.393 e. The Kier molecular flexibility index (Phi) is 4.30. The van der Waals surface area contributed by atoms with Gasteiger partial charge in [0, 0.05) is 19.7 Å². The Balaban J connectivity index is 2.37. The topological polar surface area (TPSA) is 79.2 Å². The average Bonchev–Trinajstić information content (AvgIpc) is 2.44. The highest BCUT2D eigenvalue weighted by Crippen LogP contribution is 2.07. The summed E-state index contributed by atoms with van der Waals surface area (Å²) >= 11 is 0. The molecule has 3 N–H and O–H groups in total. The van der Waals surface area contributed by atoms with Crippen molar-refractivity contribution in [2.75, 3.05) is 11.9 Å². The van der Waals surface area contributed by atoms with Crippen LogP contribution >= 0.6 is 0 Å². The predicted molar refractivity (Wildman–Crippen MR) is 61.3 cm³/mol. The van der Waals surface area contributed by atoms with Crippen LogP contribution in [0, 0.1) is 6.92 Å². The van der Waals surface area contributed by atoms with Gasteiger partial charge >= 0.3 is 6.03 Å². The van der Waals surface area contributed by atoms with Crippen LogP contribution in [0.25, 0.3) is 0 Å². The van der Waals surface area contributed by atoms with E-state index in [1.54, 1.807) is 24.7 Å². The summed E-state index contributed by atoms with van der Waals surface area (Å²) in [6, 6.07) is 1.50. The van der Waals surface area contributed by atoms with Crippen molar-refractivity contribution in [3.63, 3.8) is 0 Å². The highest BCUT2D eigenvalue weighted by atomic mass is 16.3. The number of aromatic nitrogens is 2. The fourth-order valence-corrected chi connectivity index (χ4v) is 1.28. The van der Waals surface area contributed by atoms with Crippen LogP contribution in [0.2, 0.25) is 0 Å². The molecule has 16 heavy (non-hydrogen) atoms. The molecule has 0 saturated heterocycles. The van der Waals surface area contributed by atoms with E-state index in [0.717, 1.165) is 5.69 Å². The molecule has 0 aliphatic rings. The molecule has 0 bridgehead atoms. The number of anilines is 1. The number of aryl methyl sites for hydroxylation is 2. The third kappa shape index (κ3) is 3.90. The maximum absolute atomic E-state index is 11.4. The largest absolute Gasteiger partial charge is 0.393 e. The fourth-order valence-electron chi connectivity index (χ4n) is 1.28. The molecule has 1 atom stereocenters. The summed E-state index contributed by atoms with van der Waals surface area (Å²) in [4.78, 5) is 11.4. The van der Waals surface area contributed by atoms with E-state index < -0.39 is 6.10 Å². The second-order valence-electron chi connectivity index (χ2n) is 3.81. The van der Waals surface area contributed by atoms with Crippen molar-refractivity contribution in [3.8, 4) is 0 Å². The third-order valence-electron chi connectivity index (χ3n) is 2.09. The lowest BCUT2D eigenvalue weighted by atomic mass is 10.3. The number of aliphatic hydroxyl groups is 1. The van der Waals surface area contributed by atoms with Gasteiger partial charge in [0.15, 0.2) is 0 Å². The monoisotopic (exact) mass is 226 g/mol. The lowest BCUT2D eigenvalue weighted by molar-refractivity contribution is 0.184. The molecule has 6 nitrogen and oxygen atoms in total. The van der Waals surface area contributed by atoms with Gasteiger partial charge in [-0.25, -0.2) is 4.79 Å². The van der Waals surface area contributed by atoms with Gasteiger partial charge in [-0.1, -0.05) is 0 Å². The van der Waals surface area contributed by atoms with Crippen LogP contribution in [0.15, 0.2) is 6.07 Å². The zero-order chi connectivity index (χ0) is 12.1. The Morgan fingerprint density at radius 2 is 2.38 bits per heavy atom. The molecular weight excluding hydrogens is 208 g/mol. The van der Waals surface area contributed by atoms with Crippen LogP contribution in [-0.2, 0) is 7.05 Å². The first-order valence-corrected chi connectivity index (χ1v) is 5.22. The molecule has 2 amide bonds. The Morgan fingerprint density at radius 3 is 2.88 bits per heavy atom. The zero-order valence-electron chi connectivity index (χ0n) is 9.82. The van der Waals surface area contributed by atoms with Crippen LogP contribution in [0.4, 0.5) is 10.6 Å². The van der Waals surface area contributed by atoms with E-state index in [1.807, 2.05) is 6.92 Å². The zero-order valence-corrected chi connectivity index (χ0v) is 9.82. The minimum atomic E-state index is -0.403. The number of amides is 2. The standard InChI is InChI=1S/C10H18N4O2/c1-7-6-9(14(3)13-7)12-10(16)11-5-4-8(2)15/h6,8,15H,4-5H2,1-3H3,(H2,11,12,16). The molecule has 90 valence electrons. The summed E-state index contributed by atoms with van der Waals surface area (Å²) in [5, 5.41) is 18.4. The van der Waals surface area contributed by atoms with Gasteiger partial charge in [-0.2, -0.15) is 5.10 Å². The molecule has 1 aromatic heterocycles. The molecule has 1 heterocycles. The maximum atomic E-state index is 11.4. The SMILES string of the molecule is Cc1cc(NC(=O)NCCC(C)O)n(C)n1. The number of hydrogen-bond acceptors (Lipinski definition) is 3. The fraction of sp³-hybridized carbons (Fsp3) is 0.600. The Hall–Kier alpha value is -1.56. The molecule has 0 aromatic carbocycles. The van der Waals surface area contributed by atoms with Gasteiger partial charge in [0.1, 0.15) is 5.82 Å². The van der Waals surface area contributed by atoms with Gasteiger partial charge in [-0.15, -0.1) is 0 Å². The van der Waals surface area contributed by atoms with E-state index in [4.69, 9.17) is 5.11 Å². The van der Waals surface area contributed by atoms with Crippen molar-refractivity contribution in [3.05, 3.63) is 11.8 Å². The average molecular weight is 226 g/mol. The summed E-state index contributed by atoms with van der Waals surface area (Å²) < 4.78 is 1.60. The van der Waals surface area contributed by atoms with E-state index >= 15 is 0 Å². The first kappa shape index (κ1) is 12.5. The van der Waals surface area contributed by atoms with E-state index in [-0.39, 0.29) is 6.03 Å². The number of aliphatic hydroxyl groups excluding tert-OH is 1. The van der Waals surface area contributed by atoms with E-state index in [0.29, 0.717) is 18.8 Å². The minimum absolute atomic E-state index is 0.288. The van der Waals surface area contributed by atoms with E-state index in [9.17, 15) is 4.79 Å². The van der Waals surface area contributed by atoms with Crippen LogP contribution in [0.5, 0.6) is 0 Å². The van der Waals surface area contributed by atoms with Crippen molar-refractivity contribution in [1.29, 1.82) is 0 Å². The molecule has 1 unspecified atom stereocenters. The van der Waals surface area contributed by atoms with Gasteiger partial charge in [0.05, 0.1) is 11.8 Å². The summed E-state index contributed by atoms with van der Waals surface area (Å²) in [5.74, 6) is 0.645. The number of rotatable bonds is 4. The molecular formula is C10H18N4O2. The predicted octanol–water partition coefficient (Wildman–Crippen LogP) is 0.621. The van der Waals surface area contributed by atoms with Crippen molar-refractivity contribution in [2.45, 2.75) is 26.4 Å². The smallest absolute Gasteiger partial charge is 0.320 e. The normalized spacial score (nSPS) is 12.2. The Labute approximate surface area is 94.6 Å². The lowest BCUT2D eigenvalue weighted by Crippen LogP contribution is -2.31. The molecule has 0 saturated carbocycles. The molecule has 0 aliphatic carbocycles. The van der Waals surface area contributed by atoms with Gasteiger partial charge < -0.3 is 10.4 Å². The van der Waals surface area contributed by atoms with Crippen molar-refractivity contribution < 1.29 is 9.90 Å². The third-order valence-corrected chi connectivity index (χ3v) is 2.09. The quantitative estimate of drug-likeness (QED) is 0.704. The van der Waals surface area contributed by atoms with Crippen LogP contribution < -0.4 is 10.6 Å². The maximum Gasteiger partial charge on any atom is 0.320 e. The Morgan fingerprint density at radius 1 is 1.69 bits per heavy atom. The molecule has 1 rings (SSSR count). The molecule has 6 heteroatoms. The van der Waals surface area contributed by atoms with Gasteiger partial charge in [-0.3, -0.25) is 10.00 Å². The second-order valence-corrected chi connectivity index (χ2v) is 3.81. The van der Waals surface area contributed by atoms with Gasteiger partial charge in [0.25, 0.3) is 0 Å². The van der Waals surface area contributed by atoms with Crippen molar-refractivity contribution in [2.24, 2.45) is 7.05 Å². The highest BCUT2D eigenvalue weighted by molar-refractivity contribution is 5.88. The summed E-state index contributed by atoms with van der Waals surface area (Å²) in [5.41, 5.74) is 0.849. The highest BCUT2D eigenvalue weighted by Gasteiger charge is 2.06. The van der Waals surface area contributed by atoms with Crippen LogP contribution in [-0.4, -0.2) is 33.6 Å². The van der Waals surface area contributed by atoms with Crippen LogP contribution in [0.3, 0.4) is 0 Å². The summed E-state index contributed by atoms with van der Waals surface area (Å²) in [6.45, 7) is 3.99. The number of hydrogen-bond donors (Lipinski definition) is 3. The van der Waals surface area contributed by atoms with Crippen molar-refractivity contribution >= 4 is 11.8 Å². The summed E-state index contributed by atoms with van der Waals surface area (Å²) in [6.07, 6.45) is 0.136. The number of urea groups is 1. The number of carbonyl (C=O) groups excluding carboxylic acids is 1. The number of nitrogens with one attached hydrogen (secondary N) is 2. The second kappa shape index (κ2) is 5.50. The van der Waals surface area contributed by atoms with E-state index in [2.05, 4.69) is 15.7 Å². The molecule has 0 radical (unpaired) electrons. The molecule has 0 aliphatic heterocycles. The van der Waals surface area contributed by atoms with Crippen molar-refractivity contribution in [1.82, 2.24) is 15.1 Å².